The van der Waals surface area contributed by atoms with Crippen LogP contribution in [0.1, 0.15) is 70.8 Å². The molecule has 2 atom stereocenters. The van der Waals surface area contributed by atoms with Crippen molar-refractivity contribution in [1.82, 2.24) is 5.32 Å². The second-order valence-electron chi connectivity index (χ2n) is 8.80. The van der Waals surface area contributed by atoms with E-state index in [1.165, 1.54) is 12.1 Å². The van der Waals surface area contributed by atoms with Crippen LogP contribution in [0.2, 0.25) is 5.02 Å². The van der Waals surface area contributed by atoms with E-state index in [1.54, 1.807) is 54.6 Å². The molecule has 3 aromatic carbocycles. The number of amides is 1. The number of aliphatic carboxylic acids is 1. The Morgan fingerprint density at radius 2 is 1.69 bits per heavy atom. The number of carbonyl (C=O) groups is 2. The summed E-state index contributed by atoms with van der Waals surface area (Å²) in [6.07, 6.45) is -4.43. The highest BCUT2D eigenvalue weighted by Crippen LogP contribution is 2.42. The summed E-state index contributed by atoms with van der Waals surface area (Å²) in [6, 6.07) is 18.4. The molecule has 3 rings (SSSR count). The molecule has 0 fully saturated rings. The lowest BCUT2D eigenvalue weighted by Gasteiger charge is -2.30. The Kier molecular flexibility index (Phi) is 9.96. The van der Waals surface area contributed by atoms with Gasteiger partial charge in [0.2, 0.25) is 0 Å². The maximum absolute atomic E-state index is 13.6. The monoisotopic (exact) mass is 558 g/mol. The molecular weight excluding hydrogens is 533 g/mol. The van der Waals surface area contributed by atoms with Crippen LogP contribution in [0.3, 0.4) is 0 Å². The van der Waals surface area contributed by atoms with Gasteiger partial charge in [0, 0.05) is 23.0 Å². The summed E-state index contributed by atoms with van der Waals surface area (Å²) in [5.74, 6) is -2.01. The minimum atomic E-state index is -4.73. The molecule has 0 unspecified atom stereocenters. The van der Waals surface area contributed by atoms with Gasteiger partial charge in [-0.25, -0.2) is 0 Å². The first-order valence-electron chi connectivity index (χ1n) is 12.2. The lowest BCUT2D eigenvalue weighted by atomic mass is 9.85. The number of ether oxygens (including phenoxy) is 1. The summed E-state index contributed by atoms with van der Waals surface area (Å²) in [6.45, 7) is 1.94. The number of nitriles is 1. The van der Waals surface area contributed by atoms with Gasteiger partial charge in [0.15, 0.2) is 0 Å². The van der Waals surface area contributed by atoms with Crippen LogP contribution in [0.25, 0.3) is 0 Å². The van der Waals surface area contributed by atoms with Crippen LogP contribution >= 0.6 is 11.6 Å². The number of benzene rings is 3. The normalized spacial score (nSPS) is 12.7. The number of nitrogens with zero attached hydrogens (tertiary/aromatic N) is 1. The lowest BCUT2D eigenvalue weighted by Crippen LogP contribution is -2.26. The Labute approximate surface area is 229 Å². The van der Waals surface area contributed by atoms with Crippen molar-refractivity contribution in [2.45, 2.75) is 44.4 Å². The predicted molar refractivity (Wildman–Crippen MR) is 140 cm³/mol. The highest BCUT2D eigenvalue weighted by atomic mass is 35.5. The number of halogens is 4. The van der Waals surface area contributed by atoms with Gasteiger partial charge in [-0.05, 0) is 53.9 Å². The van der Waals surface area contributed by atoms with Crippen LogP contribution < -0.4 is 10.1 Å². The van der Waals surface area contributed by atoms with Gasteiger partial charge in [-0.3, -0.25) is 9.59 Å². The van der Waals surface area contributed by atoms with E-state index in [4.69, 9.17) is 21.4 Å². The van der Waals surface area contributed by atoms with Gasteiger partial charge in [-0.1, -0.05) is 55.3 Å². The van der Waals surface area contributed by atoms with Gasteiger partial charge in [0.1, 0.15) is 23.5 Å². The molecule has 3 aromatic rings. The van der Waals surface area contributed by atoms with E-state index in [1.807, 2.05) is 6.92 Å². The van der Waals surface area contributed by atoms with Crippen molar-refractivity contribution in [2.24, 2.45) is 0 Å². The van der Waals surface area contributed by atoms with Crippen LogP contribution in [0, 0.1) is 11.3 Å². The first-order chi connectivity index (χ1) is 18.5. The van der Waals surface area contributed by atoms with Crippen molar-refractivity contribution in [1.29, 1.82) is 5.26 Å². The summed E-state index contributed by atoms with van der Waals surface area (Å²) >= 11 is 6.07. The zero-order valence-corrected chi connectivity index (χ0v) is 21.7. The molecule has 10 heteroatoms. The second-order valence-corrected chi connectivity index (χ2v) is 9.23. The molecule has 0 radical (unpaired) electrons. The summed E-state index contributed by atoms with van der Waals surface area (Å²) < 4.78 is 47.0. The molecule has 6 nitrogen and oxygen atoms in total. The van der Waals surface area contributed by atoms with Gasteiger partial charge in [0.05, 0.1) is 12.0 Å². The Morgan fingerprint density at radius 1 is 1.05 bits per heavy atom. The summed E-state index contributed by atoms with van der Waals surface area (Å²) in [5, 5.41) is 21.4. The molecule has 0 aliphatic heterocycles. The SMILES string of the molecule is CCC[C@H](c1ccc(C(=O)NCCC(=O)O)cc1)[C@@H](Oc1cccc(C(F)(F)F)c1C#N)c1ccc(Cl)cc1. The summed E-state index contributed by atoms with van der Waals surface area (Å²) in [7, 11) is 0. The number of alkyl halides is 3. The van der Waals surface area contributed by atoms with Gasteiger partial charge >= 0.3 is 12.1 Å². The van der Waals surface area contributed by atoms with E-state index >= 15 is 0 Å². The van der Waals surface area contributed by atoms with Crippen molar-refractivity contribution in [3.05, 3.63) is 99.6 Å². The van der Waals surface area contributed by atoms with E-state index in [0.717, 1.165) is 11.6 Å². The minimum Gasteiger partial charge on any atom is -0.484 e. The van der Waals surface area contributed by atoms with Crippen molar-refractivity contribution in [2.75, 3.05) is 6.54 Å². The number of hydrogen-bond acceptors (Lipinski definition) is 4. The standard InChI is InChI=1S/C29H26ClF3N2O4/c1-2-4-22(18-7-9-20(10-8-18)28(38)35-16-15-26(36)37)27(19-11-13-21(30)14-12-19)39-25-6-3-5-24(23(25)17-34)29(31,32)33/h3,5-14,22,27H,2,4,15-16H2,1H3,(H,35,38)(H,36,37)/t22-,27+/m1/s1. The number of carbonyl (C=O) groups excluding carboxylic acids is 1. The van der Waals surface area contributed by atoms with E-state index in [0.29, 0.717) is 29.0 Å². The molecule has 204 valence electrons. The second kappa shape index (κ2) is 13.2. The van der Waals surface area contributed by atoms with Crippen molar-refractivity contribution in [3.8, 4) is 11.8 Å². The largest absolute Gasteiger partial charge is 0.484 e. The van der Waals surface area contributed by atoms with Gasteiger partial charge < -0.3 is 15.2 Å². The number of rotatable bonds is 11. The van der Waals surface area contributed by atoms with Crippen molar-refractivity contribution >= 4 is 23.5 Å². The number of carboxylic acids is 1. The summed E-state index contributed by atoms with van der Waals surface area (Å²) in [5.41, 5.74) is 0.0576. The van der Waals surface area contributed by atoms with E-state index < -0.39 is 35.3 Å². The molecule has 0 aromatic heterocycles. The Balaban J connectivity index is 2.01. The Bertz CT molecular complexity index is 1340. The van der Waals surface area contributed by atoms with E-state index in [-0.39, 0.29) is 24.6 Å². The van der Waals surface area contributed by atoms with Crippen LogP contribution in [0.5, 0.6) is 5.75 Å². The minimum absolute atomic E-state index is 0.0148. The van der Waals surface area contributed by atoms with Crippen LogP contribution in [-0.4, -0.2) is 23.5 Å². The molecule has 0 bridgehead atoms. The van der Waals surface area contributed by atoms with Crippen LogP contribution in [0.15, 0.2) is 66.7 Å². The highest BCUT2D eigenvalue weighted by Gasteiger charge is 2.36. The smallest absolute Gasteiger partial charge is 0.417 e. The fourth-order valence-electron chi connectivity index (χ4n) is 4.22. The maximum atomic E-state index is 13.6. The fourth-order valence-corrected chi connectivity index (χ4v) is 4.35. The molecule has 2 N–H and O–H groups in total. The van der Waals surface area contributed by atoms with Gasteiger partial charge in [-0.15, -0.1) is 0 Å². The number of carboxylic acid groups (broad SMARTS) is 1. The zero-order valence-electron chi connectivity index (χ0n) is 21.0. The molecule has 0 spiro atoms. The van der Waals surface area contributed by atoms with Crippen LogP contribution in [0.4, 0.5) is 13.2 Å². The topological polar surface area (TPSA) is 99.4 Å². The Morgan fingerprint density at radius 3 is 2.26 bits per heavy atom. The average molecular weight is 559 g/mol. The summed E-state index contributed by atoms with van der Waals surface area (Å²) in [4.78, 5) is 23.1. The Hall–Kier alpha value is -4.03. The molecule has 0 saturated heterocycles. The lowest BCUT2D eigenvalue weighted by molar-refractivity contribution is -0.138. The number of hydrogen-bond donors (Lipinski definition) is 2. The fraction of sp³-hybridized carbons (Fsp3) is 0.276. The first kappa shape index (κ1) is 29.5. The van der Waals surface area contributed by atoms with Gasteiger partial charge in [-0.2, -0.15) is 18.4 Å². The third kappa shape index (κ3) is 7.74. The maximum Gasteiger partial charge on any atom is 0.417 e. The van der Waals surface area contributed by atoms with E-state index in [2.05, 4.69) is 5.32 Å². The first-order valence-corrected chi connectivity index (χ1v) is 12.5. The molecule has 0 aliphatic carbocycles. The molecule has 0 saturated carbocycles. The zero-order chi connectivity index (χ0) is 28.6. The average Bonchev–Trinajstić information content (AvgIpc) is 2.90. The van der Waals surface area contributed by atoms with Crippen molar-refractivity contribution < 1.29 is 32.6 Å². The van der Waals surface area contributed by atoms with Crippen molar-refractivity contribution in [3.63, 3.8) is 0 Å². The third-order valence-electron chi connectivity index (χ3n) is 6.09. The quantitative estimate of drug-likeness (QED) is 0.260. The predicted octanol–water partition coefficient (Wildman–Crippen LogP) is 7.14. The molecule has 39 heavy (non-hydrogen) atoms. The number of nitrogens with one attached hydrogen (secondary N) is 1. The van der Waals surface area contributed by atoms with E-state index in [9.17, 15) is 28.0 Å². The molecule has 1 amide bonds. The third-order valence-corrected chi connectivity index (χ3v) is 6.34. The van der Waals surface area contributed by atoms with Gasteiger partial charge in [0.25, 0.3) is 5.91 Å². The molecule has 0 aliphatic rings. The highest BCUT2D eigenvalue weighted by molar-refractivity contribution is 6.30. The molecule has 0 heterocycles. The van der Waals surface area contributed by atoms with Crippen LogP contribution in [-0.2, 0) is 11.0 Å². The molecular formula is C29H26ClF3N2O4.